The molecule has 0 saturated heterocycles. The summed E-state index contributed by atoms with van der Waals surface area (Å²) in [6.45, 7) is 5.19. The van der Waals surface area contributed by atoms with Gasteiger partial charge in [0.1, 0.15) is 12.4 Å². The zero-order valence-electron chi connectivity index (χ0n) is 11.7. The molecule has 0 spiro atoms. The second-order valence-corrected chi connectivity index (χ2v) is 6.45. The topological polar surface area (TPSA) is 21.3 Å². The van der Waals surface area contributed by atoms with Gasteiger partial charge < -0.3 is 10.1 Å². The van der Waals surface area contributed by atoms with Crippen LogP contribution >= 0.6 is 15.9 Å². The number of halogens is 1. The average Bonchev–Trinajstić information content (AvgIpc) is 2.40. The summed E-state index contributed by atoms with van der Waals surface area (Å²) in [7, 11) is 0. The van der Waals surface area contributed by atoms with Gasteiger partial charge in [0.2, 0.25) is 0 Å². The van der Waals surface area contributed by atoms with Gasteiger partial charge in [0.05, 0.1) is 0 Å². The van der Waals surface area contributed by atoms with Crippen molar-refractivity contribution in [3.63, 3.8) is 0 Å². The van der Waals surface area contributed by atoms with E-state index in [2.05, 4.69) is 28.2 Å². The monoisotopic (exact) mass is 325 g/mol. The van der Waals surface area contributed by atoms with E-state index < -0.39 is 0 Å². The Bertz CT molecular complexity index is 383. The summed E-state index contributed by atoms with van der Waals surface area (Å²) in [6, 6.07) is 8.00. The van der Waals surface area contributed by atoms with Crippen LogP contribution in [0.3, 0.4) is 0 Å². The molecule has 1 aromatic rings. The number of benzene rings is 1. The van der Waals surface area contributed by atoms with E-state index in [1.165, 1.54) is 25.7 Å². The Morgan fingerprint density at radius 2 is 2.16 bits per heavy atom. The minimum atomic E-state index is 0.734. The first kappa shape index (κ1) is 14.9. The number of rotatable bonds is 6. The van der Waals surface area contributed by atoms with E-state index in [-0.39, 0.29) is 0 Å². The fourth-order valence-electron chi connectivity index (χ4n) is 2.78. The highest BCUT2D eigenvalue weighted by Gasteiger charge is 2.20. The first-order chi connectivity index (χ1) is 9.25. The second-order valence-electron chi connectivity index (χ2n) is 5.53. The zero-order valence-corrected chi connectivity index (χ0v) is 13.3. The Morgan fingerprint density at radius 1 is 1.32 bits per heavy atom. The van der Waals surface area contributed by atoms with Crippen molar-refractivity contribution in [2.45, 2.75) is 32.6 Å². The van der Waals surface area contributed by atoms with Crippen LogP contribution in [-0.4, -0.2) is 19.7 Å². The van der Waals surface area contributed by atoms with Crippen molar-refractivity contribution in [3.8, 4) is 5.75 Å². The molecule has 2 nitrogen and oxygen atoms in total. The molecule has 0 aliphatic heterocycles. The van der Waals surface area contributed by atoms with Crippen molar-refractivity contribution in [3.05, 3.63) is 28.7 Å². The maximum absolute atomic E-state index is 5.71. The fraction of sp³-hybridized carbons (Fsp3) is 0.625. The number of nitrogens with one attached hydrogen (secondary N) is 1. The summed E-state index contributed by atoms with van der Waals surface area (Å²) in [5.74, 6) is 2.68. The molecule has 0 radical (unpaired) electrons. The van der Waals surface area contributed by atoms with E-state index in [0.717, 1.165) is 41.8 Å². The zero-order chi connectivity index (χ0) is 13.5. The molecule has 1 fully saturated rings. The third kappa shape index (κ3) is 5.15. The number of hydrogen-bond donors (Lipinski definition) is 1. The molecule has 19 heavy (non-hydrogen) atoms. The summed E-state index contributed by atoms with van der Waals surface area (Å²) in [5, 5.41) is 3.53. The molecule has 1 aliphatic rings. The molecule has 2 unspecified atom stereocenters. The van der Waals surface area contributed by atoms with Crippen LogP contribution in [0.5, 0.6) is 5.75 Å². The van der Waals surface area contributed by atoms with E-state index in [1.54, 1.807) is 0 Å². The van der Waals surface area contributed by atoms with Crippen LogP contribution < -0.4 is 10.1 Å². The molecule has 1 aromatic carbocycles. The van der Waals surface area contributed by atoms with E-state index in [0.29, 0.717) is 0 Å². The predicted molar refractivity (Wildman–Crippen MR) is 83.6 cm³/mol. The summed E-state index contributed by atoms with van der Waals surface area (Å²) in [4.78, 5) is 0. The smallest absolute Gasteiger partial charge is 0.120 e. The van der Waals surface area contributed by atoms with E-state index in [1.807, 2.05) is 24.3 Å². The number of ether oxygens (including phenoxy) is 1. The molecule has 0 heterocycles. The van der Waals surface area contributed by atoms with Gasteiger partial charge in [-0.05, 0) is 43.0 Å². The van der Waals surface area contributed by atoms with Crippen LogP contribution in [0.15, 0.2) is 28.7 Å². The van der Waals surface area contributed by atoms with Crippen molar-refractivity contribution in [2.75, 3.05) is 19.7 Å². The lowest BCUT2D eigenvalue weighted by Crippen LogP contribution is -2.31. The lowest BCUT2D eigenvalue weighted by molar-refractivity contribution is 0.239. The molecular formula is C16H24BrNO. The average molecular weight is 326 g/mol. The van der Waals surface area contributed by atoms with Crippen molar-refractivity contribution < 1.29 is 4.74 Å². The summed E-state index contributed by atoms with van der Waals surface area (Å²) in [5.41, 5.74) is 0. The Kier molecular flexibility index (Phi) is 6.18. The van der Waals surface area contributed by atoms with Crippen LogP contribution in [0.2, 0.25) is 0 Å². The predicted octanol–water partition coefficient (Wildman–Crippen LogP) is 4.24. The Morgan fingerprint density at radius 3 is 2.95 bits per heavy atom. The van der Waals surface area contributed by atoms with Crippen LogP contribution in [-0.2, 0) is 0 Å². The molecule has 0 amide bonds. The maximum Gasteiger partial charge on any atom is 0.120 e. The molecule has 2 atom stereocenters. The molecule has 1 saturated carbocycles. The molecule has 1 aliphatic carbocycles. The normalized spacial score (nSPS) is 23.3. The van der Waals surface area contributed by atoms with Crippen molar-refractivity contribution in [1.29, 1.82) is 0 Å². The molecule has 3 heteroatoms. The molecule has 1 N–H and O–H groups in total. The quantitative estimate of drug-likeness (QED) is 0.790. The van der Waals surface area contributed by atoms with Crippen LogP contribution in [0.1, 0.15) is 32.6 Å². The summed E-state index contributed by atoms with van der Waals surface area (Å²) >= 11 is 3.45. The SMILES string of the molecule is CC1CCCCC1CNCCOc1cccc(Br)c1. The van der Waals surface area contributed by atoms with Gasteiger partial charge in [-0.2, -0.15) is 0 Å². The van der Waals surface area contributed by atoms with E-state index in [4.69, 9.17) is 4.74 Å². The highest BCUT2D eigenvalue weighted by molar-refractivity contribution is 9.10. The summed E-state index contributed by atoms with van der Waals surface area (Å²) in [6.07, 6.45) is 5.62. The van der Waals surface area contributed by atoms with E-state index >= 15 is 0 Å². The van der Waals surface area contributed by atoms with Crippen LogP contribution in [0.4, 0.5) is 0 Å². The molecule has 0 bridgehead atoms. The number of hydrogen-bond acceptors (Lipinski definition) is 2. The van der Waals surface area contributed by atoms with Gasteiger partial charge in [-0.1, -0.05) is 48.2 Å². The second kappa shape index (κ2) is 7.91. The summed E-state index contributed by atoms with van der Waals surface area (Å²) < 4.78 is 6.77. The first-order valence-corrected chi connectivity index (χ1v) is 8.14. The van der Waals surface area contributed by atoms with Gasteiger partial charge >= 0.3 is 0 Å². The van der Waals surface area contributed by atoms with Gasteiger partial charge in [-0.15, -0.1) is 0 Å². The third-order valence-corrected chi connectivity index (χ3v) is 4.53. The highest BCUT2D eigenvalue weighted by atomic mass is 79.9. The first-order valence-electron chi connectivity index (χ1n) is 7.35. The van der Waals surface area contributed by atoms with Crippen LogP contribution in [0, 0.1) is 11.8 Å². The molecule has 106 valence electrons. The van der Waals surface area contributed by atoms with Crippen molar-refractivity contribution in [1.82, 2.24) is 5.32 Å². The Balaban J connectivity index is 1.59. The molecule has 0 aromatic heterocycles. The maximum atomic E-state index is 5.71. The van der Waals surface area contributed by atoms with Crippen molar-refractivity contribution in [2.24, 2.45) is 11.8 Å². The fourth-order valence-corrected chi connectivity index (χ4v) is 3.16. The standard InChI is InChI=1S/C16H24BrNO/c1-13-5-2-3-6-14(13)12-18-9-10-19-16-8-4-7-15(17)11-16/h4,7-8,11,13-14,18H,2-3,5-6,9-10,12H2,1H3. The minimum absolute atomic E-state index is 0.734. The van der Waals surface area contributed by atoms with Gasteiger partial charge in [-0.3, -0.25) is 0 Å². The van der Waals surface area contributed by atoms with Gasteiger partial charge in [-0.25, -0.2) is 0 Å². The molecular weight excluding hydrogens is 302 g/mol. The van der Waals surface area contributed by atoms with Gasteiger partial charge in [0.15, 0.2) is 0 Å². The van der Waals surface area contributed by atoms with Crippen LogP contribution in [0.25, 0.3) is 0 Å². The largest absolute Gasteiger partial charge is 0.492 e. The Labute approximate surface area is 125 Å². The van der Waals surface area contributed by atoms with Gasteiger partial charge in [0, 0.05) is 11.0 Å². The third-order valence-electron chi connectivity index (χ3n) is 4.04. The van der Waals surface area contributed by atoms with Gasteiger partial charge in [0.25, 0.3) is 0 Å². The highest BCUT2D eigenvalue weighted by Crippen LogP contribution is 2.28. The molecule has 2 rings (SSSR count). The minimum Gasteiger partial charge on any atom is -0.492 e. The lowest BCUT2D eigenvalue weighted by atomic mass is 9.80. The Hall–Kier alpha value is -0.540. The van der Waals surface area contributed by atoms with Crippen molar-refractivity contribution >= 4 is 15.9 Å². The lowest BCUT2D eigenvalue weighted by Gasteiger charge is -2.28. The van der Waals surface area contributed by atoms with E-state index in [9.17, 15) is 0 Å².